The molecule has 1 aliphatic carbocycles. The molecule has 1 aliphatic heterocycles. The van der Waals surface area contributed by atoms with E-state index >= 15 is 0 Å². The summed E-state index contributed by atoms with van der Waals surface area (Å²) in [4.78, 5) is 19.5. The second-order valence-corrected chi connectivity index (χ2v) is 7.50. The summed E-state index contributed by atoms with van der Waals surface area (Å²) in [5.74, 6) is 1.76. The average Bonchev–Trinajstić information content (AvgIpc) is 3.25. The van der Waals surface area contributed by atoms with Crippen molar-refractivity contribution in [1.82, 2.24) is 9.88 Å². The van der Waals surface area contributed by atoms with Crippen LogP contribution in [0.5, 0.6) is 0 Å². The van der Waals surface area contributed by atoms with Crippen LogP contribution >= 0.6 is 11.3 Å². The molecule has 0 N–H and O–H groups in total. The lowest BCUT2D eigenvalue weighted by Gasteiger charge is -2.44. The highest BCUT2D eigenvalue weighted by Gasteiger charge is 2.35. The van der Waals surface area contributed by atoms with E-state index in [9.17, 15) is 4.79 Å². The average molecular weight is 330 g/mol. The van der Waals surface area contributed by atoms with E-state index < -0.39 is 0 Å². The number of likely N-dealkylation sites (tertiary alicyclic amines) is 1. The van der Waals surface area contributed by atoms with Gasteiger partial charge in [-0.25, -0.2) is 4.98 Å². The summed E-state index contributed by atoms with van der Waals surface area (Å²) in [7, 11) is 0. The third kappa shape index (κ3) is 3.07. The minimum atomic E-state index is 0.248. The number of nitrogens with zero attached hydrogens (tertiary/aromatic N) is 2. The van der Waals surface area contributed by atoms with Gasteiger partial charge in [0, 0.05) is 18.0 Å². The van der Waals surface area contributed by atoms with E-state index in [2.05, 4.69) is 9.88 Å². The first-order valence-electron chi connectivity index (χ1n) is 8.59. The lowest BCUT2D eigenvalue weighted by atomic mass is 9.78. The Morgan fingerprint density at radius 2 is 2.17 bits per heavy atom. The summed E-state index contributed by atoms with van der Waals surface area (Å²) in [6, 6.07) is 4.24. The Kier molecular flexibility index (Phi) is 4.21. The van der Waals surface area contributed by atoms with Crippen molar-refractivity contribution in [2.24, 2.45) is 5.92 Å². The fourth-order valence-electron chi connectivity index (χ4n) is 4.09. The van der Waals surface area contributed by atoms with Gasteiger partial charge in [-0.05, 0) is 43.7 Å². The number of amides is 1. The van der Waals surface area contributed by atoms with Gasteiger partial charge in [-0.2, -0.15) is 0 Å². The topological polar surface area (TPSA) is 46.3 Å². The van der Waals surface area contributed by atoms with Gasteiger partial charge >= 0.3 is 0 Å². The number of hydrogen-bond acceptors (Lipinski definition) is 4. The second kappa shape index (κ2) is 6.48. The lowest BCUT2D eigenvalue weighted by Crippen LogP contribution is -2.50. The maximum Gasteiger partial charge on any atom is 0.228 e. The number of carbonyl (C=O) groups excluding carboxylic acids is 1. The Bertz CT molecular complexity index is 662. The number of piperidine rings is 1. The molecule has 2 aliphatic rings. The van der Waals surface area contributed by atoms with Gasteiger partial charge < -0.3 is 9.32 Å². The summed E-state index contributed by atoms with van der Waals surface area (Å²) in [6.07, 6.45) is 9.61. The van der Waals surface area contributed by atoms with Gasteiger partial charge in [0.1, 0.15) is 0 Å². The largest absolute Gasteiger partial charge is 0.462 e. The number of aromatic nitrogens is 1. The van der Waals surface area contributed by atoms with Crippen LogP contribution in [0.25, 0.3) is 10.8 Å². The molecule has 4 rings (SSSR count). The zero-order valence-electron chi connectivity index (χ0n) is 13.2. The van der Waals surface area contributed by atoms with E-state index in [4.69, 9.17) is 4.42 Å². The highest BCUT2D eigenvalue weighted by Crippen LogP contribution is 2.35. The van der Waals surface area contributed by atoms with Crippen molar-refractivity contribution in [3.8, 4) is 10.8 Å². The third-order valence-electron chi connectivity index (χ3n) is 5.18. The summed E-state index contributed by atoms with van der Waals surface area (Å²) in [5, 5.41) is 2.84. The van der Waals surface area contributed by atoms with Crippen LogP contribution in [0.4, 0.5) is 0 Å². The lowest BCUT2D eigenvalue weighted by molar-refractivity contribution is -0.136. The standard InChI is InChI=1S/C18H22N2O2S/c21-17(20-9-3-6-13-5-1-2-7-15(13)20)11-14-12-23-18(19-14)16-8-4-10-22-16/h4,8,10,12-13,15H,1-3,5-7,9,11H2/t13-,15-/m0/s1. The molecule has 23 heavy (non-hydrogen) atoms. The number of furan rings is 1. The molecule has 0 spiro atoms. The smallest absolute Gasteiger partial charge is 0.228 e. The number of thiazole rings is 1. The highest BCUT2D eigenvalue weighted by molar-refractivity contribution is 7.13. The van der Waals surface area contributed by atoms with Crippen molar-refractivity contribution in [2.75, 3.05) is 6.54 Å². The quantitative estimate of drug-likeness (QED) is 0.850. The summed E-state index contributed by atoms with van der Waals surface area (Å²) >= 11 is 1.54. The van der Waals surface area contributed by atoms with Crippen LogP contribution in [-0.4, -0.2) is 28.4 Å². The van der Waals surface area contributed by atoms with Crippen molar-refractivity contribution in [1.29, 1.82) is 0 Å². The molecule has 0 bridgehead atoms. The Morgan fingerprint density at radius 1 is 1.30 bits per heavy atom. The van der Waals surface area contributed by atoms with Gasteiger partial charge in [0.25, 0.3) is 0 Å². The molecule has 5 heteroatoms. The van der Waals surface area contributed by atoms with Crippen molar-refractivity contribution in [3.63, 3.8) is 0 Å². The van der Waals surface area contributed by atoms with Crippen LogP contribution in [0, 0.1) is 5.92 Å². The Hall–Kier alpha value is -1.62. The van der Waals surface area contributed by atoms with E-state index in [0.29, 0.717) is 12.5 Å². The molecule has 1 amide bonds. The molecule has 1 saturated carbocycles. The predicted octanol–water partition coefficient (Wildman–Crippen LogP) is 4.13. The van der Waals surface area contributed by atoms with Crippen molar-refractivity contribution >= 4 is 17.2 Å². The van der Waals surface area contributed by atoms with Crippen molar-refractivity contribution in [3.05, 3.63) is 29.5 Å². The Balaban J connectivity index is 1.45. The monoisotopic (exact) mass is 330 g/mol. The molecule has 2 aromatic heterocycles. The summed E-state index contributed by atoms with van der Waals surface area (Å²) in [6.45, 7) is 0.926. The number of carbonyl (C=O) groups is 1. The number of fused-ring (bicyclic) bond motifs is 1. The zero-order valence-corrected chi connectivity index (χ0v) is 14.1. The van der Waals surface area contributed by atoms with Crippen LogP contribution < -0.4 is 0 Å². The molecule has 3 heterocycles. The fraction of sp³-hybridized carbons (Fsp3) is 0.556. The zero-order chi connectivity index (χ0) is 15.6. The molecule has 122 valence electrons. The minimum absolute atomic E-state index is 0.248. The molecule has 2 atom stereocenters. The third-order valence-corrected chi connectivity index (χ3v) is 6.09. The molecule has 1 saturated heterocycles. The van der Waals surface area contributed by atoms with Gasteiger partial charge in [0.05, 0.1) is 18.4 Å². The first kappa shape index (κ1) is 14.9. The van der Waals surface area contributed by atoms with Crippen LogP contribution in [0.3, 0.4) is 0 Å². The van der Waals surface area contributed by atoms with Gasteiger partial charge in [-0.15, -0.1) is 11.3 Å². The first-order chi connectivity index (χ1) is 11.3. The summed E-state index contributed by atoms with van der Waals surface area (Å²) < 4.78 is 5.38. The van der Waals surface area contributed by atoms with E-state index in [1.165, 1.54) is 32.1 Å². The molecular weight excluding hydrogens is 308 g/mol. The van der Waals surface area contributed by atoms with E-state index in [-0.39, 0.29) is 5.91 Å². The molecule has 2 fully saturated rings. The predicted molar refractivity (Wildman–Crippen MR) is 90.2 cm³/mol. The SMILES string of the molecule is O=C(Cc1csc(-c2ccco2)n1)N1CCC[C@@H]2CCCC[C@@H]21. The van der Waals surface area contributed by atoms with E-state index in [1.54, 1.807) is 17.6 Å². The van der Waals surface area contributed by atoms with Crippen LogP contribution in [0.2, 0.25) is 0 Å². The van der Waals surface area contributed by atoms with E-state index in [1.807, 2.05) is 17.5 Å². The van der Waals surface area contributed by atoms with Crippen LogP contribution in [0.15, 0.2) is 28.2 Å². The van der Waals surface area contributed by atoms with Gasteiger partial charge in [0.2, 0.25) is 5.91 Å². The Labute approximate surface area is 140 Å². The van der Waals surface area contributed by atoms with Gasteiger partial charge in [0.15, 0.2) is 10.8 Å². The van der Waals surface area contributed by atoms with Gasteiger partial charge in [-0.1, -0.05) is 12.8 Å². The Morgan fingerprint density at radius 3 is 3.04 bits per heavy atom. The molecule has 0 aromatic carbocycles. The highest BCUT2D eigenvalue weighted by atomic mass is 32.1. The fourth-order valence-corrected chi connectivity index (χ4v) is 4.88. The molecule has 2 aromatic rings. The molecule has 4 nitrogen and oxygen atoms in total. The van der Waals surface area contributed by atoms with E-state index in [0.717, 1.165) is 35.3 Å². The summed E-state index contributed by atoms with van der Waals surface area (Å²) in [5.41, 5.74) is 0.865. The van der Waals surface area contributed by atoms with Crippen molar-refractivity contribution < 1.29 is 9.21 Å². The van der Waals surface area contributed by atoms with Crippen molar-refractivity contribution in [2.45, 2.75) is 51.0 Å². The molecular formula is C18H22N2O2S. The normalized spacial score (nSPS) is 24.4. The number of rotatable bonds is 3. The maximum atomic E-state index is 12.8. The first-order valence-corrected chi connectivity index (χ1v) is 9.47. The minimum Gasteiger partial charge on any atom is -0.462 e. The maximum absolute atomic E-state index is 12.8. The second-order valence-electron chi connectivity index (χ2n) is 6.64. The molecule has 0 radical (unpaired) electrons. The van der Waals surface area contributed by atoms with Gasteiger partial charge in [-0.3, -0.25) is 4.79 Å². The van der Waals surface area contributed by atoms with Crippen LogP contribution in [0.1, 0.15) is 44.2 Å². The van der Waals surface area contributed by atoms with Crippen LogP contribution in [-0.2, 0) is 11.2 Å². The molecule has 0 unspecified atom stereocenters. The number of hydrogen-bond donors (Lipinski definition) is 0.